The van der Waals surface area contributed by atoms with Crippen molar-refractivity contribution in [1.29, 1.82) is 0 Å². The minimum absolute atomic E-state index is 0.00690. The Balaban J connectivity index is 2.61. The number of nitrogens with zero attached hydrogens (tertiary/aromatic N) is 4. The van der Waals surface area contributed by atoms with Gasteiger partial charge in [0, 0.05) is 13.1 Å². The molecule has 1 aromatic carbocycles. The molecule has 0 N–H and O–H groups in total. The average molecular weight is 366 g/mol. The van der Waals surface area contributed by atoms with Gasteiger partial charge in [0.25, 0.3) is 0 Å². The monoisotopic (exact) mass is 366 g/mol. The number of aryl methyl sites for hydroxylation is 1. The first-order valence-corrected chi connectivity index (χ1v) is 8.27. The van der Waals surface area contributed by atoms with Crippen molar-refractivity contribution in [2.45, 2.75) is 46.1 Å². The van der Waals surface area contributed by atoms with Crippen molar-refractivity contribution in [3.8, 4) is 11.4 Å². The number of esters is 1. The molecule has 1 heterocycles. The minimum Gasteiger partial charge on any atom is -0.474 e. The van der Waals surface area contributed by atoms with Crippen LogP contribution in [-0.2, 0) is 16.6 Å². The van der Waals surface area contributed by atoms with Crippen molar-refractivity contribution in [2.24, 2.45) is 7.05 Å². The number of benzene rings is 1. The van der Waals surface area contributed by atoms with E-state index < -0.39 is 23.1 Å². The first kappa shape index (κ1) is 19.6. The molecule has 0 saturated carbocycles. The second-order valence-electron chi connectivity index (χ2n) is 6.63. The van der Waals surface area contributed by atoms with Gasteiger partial charge in [-0.15, -0.1) is 0 Å². The summed E-state index contributed by atoms with van der Waals surface area (Å²) in [7, 11) is 1.45. The van der Waals surface area contributed by atoms with Crippen LogP contribution in [0.25, 0.3) is 5.69 Å². The number of tetrazole rings is 1. The van der Waals surface area contributed by atoms with E-state index >= 15 is 0 Å². The molecule has 0 amide bonds. The van der Waals surface area contributed by atoms with E-state index in [2.05, 4.69) is 10.4 Å². The Bertz CT molecular complexity index is 870. The molecule has 0 aliphatic heterocycles. The number of carbonyl (C=O) groups is 1. The number of carbonyl (C=O) groups excluding carboxylic acids is 1. The van der Waals surface area contributed by atoms with Gasteiger partial charge in [-0.05, 0) is 48.7 Å². The molecule has 0 bridgehead atoms. The Kier molecular flexibility index (Phi) is 5.48. The molecular weight excluding hydrogens is 343 g/mol. The maximum atomic E-state index is 14.5. The summed E-state index contributed by atoms with van der Waals surface area (Å²) in [5, 5.41) is 7.45. The van der Waals surface area contributed by atoms with E-state index in [9.17, 15) is 14.0 Å². The zero-order valence-electron chi connectivity index (χ0n) is 15.7. The van der Waals surface area contributed by atoms with Gasteiger partial charge >= 0.3 is 11.7 Å². The van der Waals surface area contributed by atoms with Crippen LogP contribution in [0.1, 0.15) is 46.1 Å². The van der Waals surface area contributed by atoms with Gasteiger partial charge in [0.1, 0.15) is 17.3 Å². The molecule has 0 aliphatic rings. The highest BCUT2D eigenvalue weighted by Crippen LogP contribution is 2.32. The van der Waals surface area contributed by atoms with Crippen molar-refractivity contribution in [1.82, 2.24) is 19.8 Å². The lowest BCUT2D eigenvalue weighted by Crippen LogP contribution is -2.40. The lowest BCUT2D eigenvalue weighted by Gasteiger charge is -2.25. The van der Waals surface area contributed by atoms with E-state index in [0.29, 0.717) is 5.56 Å². The normalized spacial score (nSPS) is 11.7. The molecule has 142 valence electrons. The van der Waals surface area contributed by atoms with E-state index in [-0.39, 0.29) is 24.0 Å². The predicted octanol–water partition coefficient (Wildman–Crippen LogP) is 1.95. The zero-order chi connectivity index (χ0) is 19.6. The highest BCUT2D eigenvalue weighted by Gasteiger charge is 2.33. The fourth-order valence-corrected chi connectivity index (χ4v) is 2.34. The Morgan fingerprint density at radius 2 is 1.96 bits per heavy atom. The maximum Gasteiger partial charge on any atom is 0.368 e. The quantitative estimate of drug-likeness (QED) is 0.726. The summed E-state index contributed by atoms with van der Waals surface area (Å²) in [4.78, 5) is 24.4. The van der Waals surface area contributed by atoms with Crippen molar-refractivity contribution in [3.63, 3.8) is 0 Å². The van der Waals surface area contributed by atoms with Gasteiger partial charge in [-0.3, -0.25) is 0 Å². The summed E-state index contributed by atoms with van der Waals surface area (Å²) < 4.78 is 27.3. The highest BCUT2D eigenvalue weighted by atomic mass is 19.1. The highest BCUT2D eigenvalue weighted by molar-refractivity contribution is 5.79. The molecule has 0 fully saturated rings. The molecule has 0 saturated heterocycles. The van der Waals surface area contributed by atoms with Gasteiger partial charge in [0.05, 0.1) is 6.61 Å². The third-order valence-corrected chi connectivity index (χ3v) is 3.78. The molecule has 2 aromatic rings. The molecule has 1 aromatic heterocycles. The average Bonchev–Trinajstić information content (AvgIpc) is 2.87. The van der Waals surface area contributed by atoms with Crippen molar-refractivity contribution in [2.75, 3.05) is 6.61 Å². The van der Waals surface area contributed by atoms with E-state index in [0.717, 1.165) is 15.4 Å². The lowest BCUT2D eigenvalue weighted by molar-refractivity contribution is -0.158. The third-order valence-electron chi connectivity index (χ3n) is 3.78. The molecule has 2 rings (SSSR count). The Labute approximate surface area is 150 Å². The first-order chi connectivity index (χ1) is 12.1. The van der Waals surface area contributed by atoms with Crippen molar-refractivity contribution in [3.05, 3.63) is 34.0 Å². The summed E-state index contributed by atoms with van der Waals surface area (Å²) in [6.07, 6.45) is 0. The first-order valence-electron chi connectivity index (χ1n) is 8.27. The van der Waals surface area contributed by atoms with Gasteiger partial charge in [-0.25, -0.2) is 14.0 Å². The molecule has 0 radical (unpaired) electrons. The molecular formula is C17H23FN4O4. The smallest absolute Gasteiger partial charge is 0.368 e. The Morgan fingerprint density at radius 1 is 1.31 bits per heavy atom. The SMILES string of the molecule is CCOC(=O)C(C)(C)Oc1cc(F)c(C(C)C)cc1-n1nnn(C)c1=O. The third kappa shape index (κ3) is 3.76. The molecule has 9 heteroatoms. The maximum absolute atomic E-state index is 14.5. The van der Waals surface area contributed by atoms with Crippen molar-refractivity contribution >= 4 is 5.97 Å². The Hall–Kier alpha value is -2.71. The molecule has 8 nitrogen and oxygen atoms in total. The van der Waals surface area contributed by atoms with Crippen LogP contribution < -0.4 is 10.4 Å². The molecule has 0 unspecified atom stereocenters. The number of hydrogen-bond acceptors (Lipinski definition) is 6. The van der Waals surface area contributed by atoms with Crippen LogP contribution in [0, 0.1) is 5.82 Å². The van der Waals surface area contributed by atoms with Crippen LogP contribution >= 0.6 is 0 Å². The second kappa shape index (κ2) is 7.27. The van der Waals surface area contributed by atoms with E-state index in [1.165, 1.54) is 27.0 Å². The molecule has 26 heavy (non-hydrogen) atoms. The summed E-state index contributed by atoms with van der Waals surface area (Å²) in [5.74, 6) is -1.25. The topological polar surface area (TPSA) is 88.2 Å². The van der Waals surface area contributed by atoms with E-state index in [4.69, 9.17) is 9.47 Å². The summed E-state index contributed by atoms with van der Waals surface area (Å²) in [6, 6.07) is 2.62. The largest absolute Gasteiger partial charge is 0.474 e. The molecule has 0 atom stereocenters. The van der Waals surface area contributed by atoms with Gasteiger partial charge in [0.2, 0.25) is 0 Å². The van der Waals surface area contributed by atoms with Crippen LogP contribution in [0.15, 0.2) is 16.9 Å². The second-order valence-corrected chi connectivity index (χ2v) is 6.63. The van der Waals surface area contributed by atoms with Gasteiger partial charge in [-0.2, -0.15) is 9.36 Å². The number of halogens is 1. The van der Waals surface area contributed by atoms with Crippen LogP contribution in [0.2, 0.25) is 0 Å². The summed E-state index contributed by atoms with van der Waals surface area (Å²) >= 11 is 0. The zero-order valence-corrected chi connectivity index (χ0v) is 15.7. The predicted molar refractivity (Wildman–Crippen MR) is 92.0 cm³/mol. The summed E-state index contributed by atoms with van der Waals surface area (Å²) in [5.41, 5.74) is -1.32. The van der Waals surface area contributed by atoms with E-state index in [1.807, 2.05) is 13.8 Å². The van der Waals surface area contributed by atoms with Crippen LogP contribution in [-0.4, -0.2) is 38.0 Å². The standard InChI is InChI=1S/C17H23FN4O4/c1-7-25-15(23)17(4,5)26-14-9-12(18)11(10(2)3)8-13(14)22-16(24)21(6)19-20-22/h8-10H,7H2,1-6H3. The minimum atomic E-state index is -1.39. The van der Waals surface area contributed by atoms with Crippen molar-refractivity contribution < 1.29 is 18.7 Å². The van der Waals surface area contributed by atoms with Crippen LogP contribution in [0.3, 0.4) is 0 Å². The number of rotatable bonds is 6. The van der Waals surface area contributed by atoms with Crippen LogP contribution in [0.4, 0.5) is 4.39 Å². The molecule has 0 spiro atoms. The van der Waals surface area contributed by atoms with E-state index in [1.54, 1.807) is 6.92 Å². The fraction of sp³-hybridized carbons (Fsp3) is 0.529. The number of ether oxygens (including phenoxy) is 2. The van der Waals surface area contributed by atoms with Gasteiger partial charge in [-0.1, -0.05) is 13.8 Å². The molecule has 0 aliphatic carbocycles. The van der Waals surface area contributed by atoms with Crippen LogP contribution in [0.5, 0.6) is 5.75 Å². The lowest BCUT2D eigenvalue weighted by atomic mass is 10.0. The van der Waals surface area contributed by atoms with Gasteiger partial charge in [0.15, 0.2) is 5.60 Å². The number of hydrogen-bond donors (Lipinski definition) is 0. The number of aromatic nitrogens is 4. The Morgan fingerprint density at radius 3 is 2.46 bits per heavy atom. The van der Waals surface area contributed by atoms with Gasteiger partial charge < -0.3 is 9.47 Å². The fourth-order valence-electron chi connectivity index (χ4n) is 2.34. The summed E-state index contributed by atoms with van der Waals surface area (Å²) in [6.45, 7) is 8.51.